The molecule has 0 bridgehead atoms. The molecule has 0 spiro atoms. The molecule has 0 aliphatic heterocycles. The van der Waals surface area contributed by atoms with Crippen molar-refractivity contribution in [2.75, 3.05) is 25.0 Å². The molecule has 3 aromatic rings. The van der Waals surface area contributed by atoms with Crippen LogP contribution in [0.3, 0.4) is 0 Å². The number of carbonyl (C=O) groups is 2. The molecule has 0 saturated heterocycles. The van der Waals surface area contributed by atoms with Crippen LogP contribution in [0.25, 0.3) is 0 Å². The lowest BCUT2D eigenvalue weighted by molar-refractivity contribution is -0.119. The van der Waals surface area contributed by atoms with E-state index in [1.54, 1.807) is 0 Å². The zero-order valence-corrected chi connectivity index (χ0v) is 22.4. The van der Waals surface area contributed by atoms with Gasteiger partial charge in [-0.05, 0) is 79.8 Å². The molecule has 0 heterocycles. The highest BCUT2D eigenvalue weighted by Crippen LogP contribution is 2.15. The molecule has 3 rings (SSSR count). The van der Waals surface area contributed by atoms with E-state index in [4.69, 9.17) is 4.74 Å². The van der Waals surface area contributed by atoms with Crippen molar-refractivity contribution in [3.8, 4) is 5.75 Å². The summed E-state index contributed by atoms with van der Waals surface area (Å²) in [5, 5.41) is 5.74. The lowest BCUT2D eigenvalue weighted by Gasteiger charge is -2.09. The Kier molecular flexibility index (Phi) is 11.3. The number of hydrogen-bond acceptors (Lipinski definition) is 6. The van der Waals surface area contributed by atoms with Crippen LogP contribution >= 0.6 is 0 Å². The van der Waals surface area contributed by atoms with E-state index in [1.807, 2.05) is 30.3 Å². The predicted molar refractivity (Wildman–Crippen MR) is 149 cm³/mol. The van der Waals surface area contributed by atoms with Crippen molar-refractivity contribution in [1.29, 1.82) is 0 Å². The van der Waals surface area contributed by atoms with Gasteiger partial charge in [0.2, 0.25) is 11.8 Å². The largest absolute Gasteiger partial charge is 0.494 e. The Bertz CT molecular complexity index is 1260. The fourth-order valence-corrected chi connectivity index (χ4v) is 4.80. The standard InChI is InChI=1S/C29H35N3O5S/c1-23(33)31-26-13-17-28(18-14-26)38(35,36)32-29(34)19-21-30-20-5-9-25-11-15-27(16-12-25)37-22-6-10-24-7-3-2-4-8-24/h2-4,7-8,11-18,30H,5-6,9-10,19-22H2,1H3,(H,31,33)(H,32,34). The van der Waals surface area contributed by atoms with Crippen molar-refractivity contribution >= 4 is 27.5 Å². The maximum atomic E-state index is 12.4. The number of carbonyl (C=O) groups excluding carboxylic acids is 2. The van der Waals surface area contributed by atoms with Gasteiger partial charge in [0.05, 0.1) is 11.5 Å². The van der Waals surface area contributed by atoms with Crippen LogP contribution in [0.4, 0.5) is 5.69 Å². The van der Waals surface area contributed by atoms with Crippen molar-refractivity contribution in [2.45, 2.75) is 43.9 Å². The van der Waals surface area contributed by atoms with E-state index in [0.717, 1.165) is 31.4 Å². The van der Waals surface area contributed by atoms with E-state index in [9.17, 15) is 18.0 Å². The average molecular weight is 538 g/mol. The number of anilines is 1. The van der Waals surface area contributed by atoms with Crippen LogP contribution in [-0.2, 0) is 32.5 Å². The highest BCUT2D eigenvalue weighted by atomic mass is 32.2. The van der Waals surface area contributed by atoms with E-state index in [-0.39, 0.29) is 17.2 Å². The van der Waals surface area contributed by atoms with Gasteiger partial charge in [-0.1, -0.05) is 42.5 Å². The summed E-state index contributed by atoms with van der Waals surface area (Å²) in [5.74, 6) is 0.0296. The van der Waals surface area contributed by atoms with E-state index >= 15 is 0 Å². The summed E-state index contributed by atoms with van der Waals surface area (Å²) in [6.45, 7) is 3.13. The Morgan fingerprint density at radius 1 is 0.789 bits per heavy atom. The smallest absolute Gasteiger partial charge is 0.264 e. The zero-order chi connectivity index (χ0) is 27.2. The Morgan fingerprint density at radius 3 is 2.13 bits per heavy atom. The van der Waals surface area contributed by atoms with Crippen LogP contribution in [0.5, 0.6) is 5.75 Å². The topological polar surface area (TPSA) is 114 Å². The SMILES string of the molecule is CC(=O)Nc1ccc(S(=O)(=O)NC(=O)CCNCCCc2ccc(OCCCc3ccccc3)cc2)cc1. The minimum Gasteiger partial charge on any atom is -0.494 e. The fraction of sp³-hybridized carbons (Fsp3) is 0.310. The third-order valence-corrected chi connectivity index (χ3v) is 7.11. The summed E-state index contributed by atoms with van der Waals surface area (Å²) in [6, 6.07) is 24.1. The van der Waals surface area contributed by atoms with Gasteiger partial charge < -0.3 is 15.4 Å². The molecule has 3 aromatic carbocycles. The van der Waals surface area contributed by atoms with Gasteiger partial charge >= 0.3 is 0 Å². The molecule has 8 nitrogen and oxygen atoms in total. The van der Waals surface area contributed by atoms with Crippen LogP contribution in [0.15, 0.2) is 83.8 Å². The monoisotopic (exact) mass is 537 g/mol. The number of amides is 2. The molecule has 3 N–H and O–H groups in total. The second-order valence-electron chi connectivity index (χ2n) is 8.92. The van der Waals surface area contributed by atoms with Crippen LogP contribution in [0.1, 0.15) is 37.3 Å². The van der Waals surface area contributed by atoms with Crippen LogP contribution in [0, 0.1) is 0 Å². The molecule has 0 aliphatic carbocycles. The normalized spacial score (nSPS) is 11.1. The zero-order valence-electron chi connectivity index (χ0n) is 21.6. The minimum absolute atomic E-state index is 0.0412. The summed E-state index contributed by atoms with van der Waals surface area (Å²) in [6.07, 6.45) is 3.78. The summed E-state index contributed by atoms with van der Waals surface area (Å²) in [4.78, 5) is 23.1. The average Bonchev–Trinajstić information content (AvgIpc) is 2.90. The molecule has 0 atom stereocenters. The van der Waals surface area contributed by atoms with Crippen LogP contribution in [-0.4, -0.2) is 39.9 Å². The van der Waals surface area contributed by atoms with Crippen molar-refractivity contribution in [3.05, 3.63) is 90.0 Å². The Morgan fingerprint density at radius 2 is 1.45 bits per heavy atom. The molecule has 0 aliphatic rings. The molecule has 2 amide bonds. The molecule has 0 fully saturated rings. The molecular formula is C29H35N3O5S. The number of sulfonamides is 1. The molecule has 0 saturated carbocycles. The fourth-order valence-electron chi connectivity index (χ4n) is 3.79. The third kappa shape index (κ3) is 10.4. The summed E-state index contributed by atoms with van der Waals surface area (Å²) < 4.78 is 32.7. The highest BCUT2D eigenvalue weighted by molar-refractivity contribution is 7.90. The van der Waals surface area contributed by atoms with Gasteiger partial charge in [-0.15, -0.1) is 0 Å². The van der Waals surface area contributed by atoms with Crippen LogP contribution < -0.4 is 20.1 Å². The first-order valence-electron chi connectivity index (χ1n) is 12.7. The molecule has 38 heavy (non-hydrogen) atoms. The molecule has 9 heteroatoms. The highest BCUT2D eigenvalue weighted by Gasteiger charge is 2.17. The second-order valence-corrected chi connectivity index (χ2v) is 10.6. The number of nitrogens with one attached hydrogen (secondary N) is 3. The number of ether oxygens (including phenoxy) is 1. The van der Waals surface area contributed by atoms with Gasteiger partial charge in [-0.3, -0.25) is 9.59 Å². The lowest BCUT2D eigenvalue weighted by Crippen LogP contribution is -2.33. The van der Waals surface area contributed by atoms with Gasteiger partial charge in [0, 0.05) is 25.6 Å². The lowest BCUT2D eigenvalue weighted by atomic mass is 10.1. The molecular weight excluding hydrogens is 502 g/mol. The third-order valence-electron chi connectivity index (χ3n) is 5.73. The van der Waals surface area contributed by atoms with Gasteiger partial charge in [0.1, 0.15) is 5.75 Å². The Hall–Kier alpha value is -3.69. The van der Waals surface area contributed by atoms with Crippen LogP contribution in [0.2, 0.25) is 0 Å². The van der Waals surface area contributed by atoms with Crippen molar-refractivity contribution in [1.82, 2.24) is 10.0 Å². The van der Waals surface area contributed by atoms with Gasteiger partial charge in [-0.2, -0.15) is 0 Å². The molecule has 0 radical (unpaired) electrons. The van der Waals surface area contributed by atoms with E-state index in [0.29, 0.717) is 25.4 Å². The second kappa shape index (κ2) is 14.9. The van der Waals surface area contributed by atoms with Crippen molar-refractivity contribution in [3.63, 3.8) is 0 Å². The van der Waals surface area contributed by atoms with E-state index in [2.05, 4.69) is 39.6 Å². The Labute approximate surface area is 224 Å². The summed E-state index contributed by atoms with van der Waals surface area (Å²) in [5.41, 5.74) is 3.00. The van der Waals surface area contributed by atoms with E-state index < -0.39 is 15.9 Å². The number of aryl methyl sites for hydroxylation is 2. The molecule has 0 unspecified atom stereocenters. The quantitative estimate of drug-likeness (QED) is 0.252. The summed E-state index contributed by atoms with van der Waals surface area (Å²) in [7, 11) is -3.96. The maximum absolute atomic E-state index is 12.4. The number of rotatable bonds is 15. The first-order chi connectivity index (χ1) is 18.3. The Balaban J connectivity index is 1.27. The number of hydrogen-bond donors (Lipinski definition) is 3. The van der Waals surface area contributed by atoms with Gasteiger partial charge in [-0.25, -0.2) is 13.1 Å². The van der Waals surface area contributed by atoms with Crippen molar-refractivity contribution < 1.29 is 22.7 Å². The van der Waals surface area contributed by atoms with Crippen molar-refractivity contribution in [2.24, 2.45) is 0 Å². The maximum Gasteiger partial charge on any atom is 0.264 e. The summed E-state index contributed by atoms with van der Waals surface area (Å²) >= 11 is 0. The predicted octanol–water partition coefficient (Wildman–Crippen LogP) is 4.07. The van der Waals surface area contributed by atoms with Gasteiger partial charge in [0.15, 0.2) is 0 Å². The van der Waals surface area contributed by atoms with Gasteiger partial charge in [0.25, 0.3) is 10.0 Å². The first kappa shape index (κ1) is 28.9. The number of benzene rings is 3. The van der Waals surface area contributed by atoms with E-state index in [1.165, 1.54) is 42.3 Å². The minimum atomic E-state index is -3.96. The first-order valence-corrected chi connectivity index (χ1v) is 14.2. The molecule has 0 aromatic heterocycles. The molecule has 202 valence electrons.